The van der Waals surface area contributed by atoms with Gasteiger partial charge < -0.3 is 14.4 Å². The summed E-state index contributed by atoms with van der Waals surface area (Å²) in [6, 6.07) is 12.6. The van der Waals surface area contributed by atoms with Crippen molar-refractivity contribution in [3.63, 3.8) is 0 Å². The van der Waals surface area contributed by atoms with Crippen molar-refractivity contribution in [1.29, 1.82) is 0 Å². The van der Waals surface area contributed by atoms with Gasteiger partial charge in [-0.05, 0) is 49.2 Å². The number of rotatable bonds is 5. The molecule has 5 rings (SSSR count). The predicted octanol–water partition coefficient (Wildman–Crippen LogP) is 2.95. The van der Waals surface area contributed by atoms with Gasteiger partial charge in [-0.2, -0.15) is 5.10 Å². The lowest BCUT2D eigenvalue weighted by Gasteiger charge is -2.31. The molecule has 0 saturated carbocycles. The molecule has 2 aliphatic heterocycles. The van der Waals surface area contributed by atoms with Crippen LogP contribution in [0.5, 0.6) is 5.75 Å². The maximum Gasteiger partial charge on any atom is 0.156 e. The molecule has 0 aliphatic carbocycles. The van der Waals surface area contributed by atoms with Gasteiger partial charge in [0.1, 0.15) is 5.75 Å². The Hall–Kier alpha value is -2.64. The van der Waals surface area contributed by atoms with E-state index in [2.05, 4.69) is 40.3 Å². The number of benzene rings is 1. The standard InChI is InChI=1S/C23H29N5O2/c1-29-21-7-4-18(5-8-21)15-26-10-2-3-19(16-26)23-24-22-9-6-20(17-28(22)25-23)27-11-13-30-14-12-27/h4-9,17,19H,2-3,10-16H2,1H3. The molecule has 1 atom stereocenters. The Morgan fingerprint density at radius 2 is 1.90 bits per heavy atom. The maximum atomic E-state index is 5.47. The fourth-order valence-corrected chi connectivity index (χ4v) is 4.47. The number of pyridine rings is 1. The average molecular weight is 408 g/mol. The van der Waals surface area contributed by atoms with Gasteiger partial charge in [0.15, 0.2) is 11.5 Å². The number of hydrogen-bond donors (Lipinski definition) is 0. The Kier molecular flexibility index (Phi) is 5.55. The molecule has 0 spiro atoms. The maximum absolute atomic E-state index is 5.47. The minimum Gasteiger partial charge on any atom is -0.497 e. The lowest BCUT2D eigenvalue weighted by molar-refractivity contribution is 0.122. The molecular weight excluding hydrogens is 378 g/mol. The first-order valence-corrected chi connectivity index (χ1v) is 10.8. The van der Waals surface area contributed by atoms with Crippen molar-refractivity contribution in [1.82, 2.24) is 19.5 Å². The fourth-order valence-electron chi connectivity index (χ4n) is 4.47. The van der Waals surface area contributed by atoms with Gasteiger partial charge in [-0.3, -0.25) is 4.90 Å². The third-order valence-corrected chi connectivity index (χ3v) is 6.14. The highest BCUT2D eigenvalue weighted by Gasteiger charge is 2.25. The number of hydrogen-bond acceptors (Lipinski definition) is 6. The molecule has 1 aromatic carbocycles. The molecular formula is C23H29N5O2. The number of anilines is 1. The Morgan fingerprint density at radius 3 is 2.70 bits per heavy atom. The monoisotopic (exact) mass is 407 g/mol. The van der Waals surface area contributed by atoms with Crippen LogP contribution in [0.1, 0.15) is 30.1 Å². The number of ether oxygens (including phenoxy) is 2. The van der Waals surface area contributed by atoms with Crippen LogP contribution in [-0.2, 0) is 11.3 Å². The number of likely N-dealkylation sites (tertiary alicyclic amines) is 1. The van der Waals surface area contributed by atoms with E-state index in [0.29, 0.717) is 5.92 Å². The second kappa shape index (κ2) is 8.62. The second-order valence-electron chi connectivity index (χ2n) is 8.18. The summed E-state index contributed by atoms with van der Waals surface area (Å²) in [4.78, 5) is 9.72. The van der Waals surface area contributed by atoms with Crippen LogP contribution in [0.2, 0.25) is 0 Å². The molecule has 2 fully saturated rings. The summed E-state index contributed by atoms with van der Waals surface area (Å²) in [5, 5.41) is 4.86. The summed E-state index contributed by atoms with van der Waals surface area (Å²) >= 11 is 0. The van der Waals surface area contributed by atoms with E-state index >= 15 is 0 Å². The summed E-state index contributed by atoms with van der Waals surface area (Å²) in [6.07, 6.45) is 4.43. The quantitative estimate of drug-likeness (QED) is 0.648. The number of morpholine rings is 1. The minimum absolute atomic E-state index is 0.378. The third-order valence-electron chi connectivity index (χ3n) is 6.14. The van der Waals surface area contributed by atoms with Crippen LogP contribution in [0.25, 0.3) is 5.65 Å². The van der Waals surface area contributed by atoms with Crippen molar-refractivity contribution in [2.75, 3.05) is 51.4 Å². The van der Waals surface area contributed by atoms with Gasteiger partial charge in [-0.15, -0.1) is 0 Å². The van der Waals surface area contributed by atoms with E-state index in [4.69, 9.17) is 19.6 Å². The molecule has 2 saturated heterocycles. The van der Waals surface area contributed by atoms with Crippen LogP contribution < -0.4 is 9.64 Å². The minimum atomic E-state index is 0.378. The Bertz CT molecular complexity index is 981. The van der Waals surface area contributed by atoms with Crippen molar-refractivity contribution in [2.24, 2.45) is 0 Å². The highest BCUT2D eigenvalue weighted by atomic mass is 16.5. The summed E-state index contributed by atoms with van der Waals surface area (Å²) < 4.78 is 12.7. The molecule has 2 aromatic heterocycles. The first kappa shape index (κ1) is 19.3. The molecule has 0 amide bonds. The van der Waals surface area contributed by atoms with Crippen molar-refractivity contribution in [3.05, 3.63) is 54.0 Å². The van der Waals surface area contributed by atoms with Gasteiger partial charge in [0.05, 0.1) is 32.2 Å². The number of nitrogens with zero attached hydrogens (tertiary/aromatic N) is 5. The first-order valence-electron chi connectivity index (χ1n) is 10.8. The van der Waals surface area contributed by atoms with E-state index in [9.17, 15) is 0 Å². The molecule has 7 nitrogen and oxygen atoms in total. The van der Waals surface area contributed by atoms with Crippen LogP contribution in [0, 0.1) is 0 Å². The summed E-state index contributed by atoms with van der Waals surface area (Å²) in [7, 11) is 1.70. The Balaban J connectivity index is 1.29. The van der Waals surface area contributed by atoms with E-state index < -0.39 is 0 Å². The van der Waals surface area contributed by atoms with E-state index in [1.165, 1.54) is 17.7 Å². The molecule has 30 heavy (non-hydrogen) atoms. The van der Waals surface area contributed by atoms with Gasteiger partial charge in [0, 0.05) is 32.1 Å². The van der Waals surface area contributed by atoms with Crippen molar-refractivity contribution < 1.29 is 9.47 Å². The zero-order valence-electron chi connectivity index (χ0n) is 17.5. The van der Waals surface area contributed by atoms with E-state index in [0.717, 1.165) is 69.6 Å². The van der Waals surface area contributed by atoms with Gasteiger partial charge >= 0.3 is 0 Å². The van der Waals surface area contributed by atoms with E-state index in [1.54, 1.807) is 7.11 Å². The summed E-state index contributed by atoms with van der Waals surface area (Å²) in [5.41, 5.74) is 3.43. The SMILES string of the molecule is COc1ccc(CN2CCCC(c3nc4ccc(N5CCOCC5)cn4n3)C2)cc1. The molecule has 0 bridgehead atoms. The zero-order valence-corrected chi connectivity index (χ0v) is 17.5. The summed E-state index contributed by atoms with van der Waals surface area (Å²) in [6.45, 7) is 6.50. The van der Waals surface area contributed by atoms with E-state index in [1.807, 2.05) is 16.6 Å². The second-order valence-corrected chi connectivity index (χ2v) is 8.18. The third kappa shape index (κ3) is 4.13. The molecule has 4 heterocycles. The number of methoxy groups -OCH3 is 1. The van der Waals surface area contributed by atoms with Crippen molar-refractivity contribution >= 4 is 11.3 Å². The van der Waals surface area contributed by atoms with Gasteiger partial charge in [-0.25, -0.2) is 9.50 Å². The molecule has 0 N–H and O–H groups in total. The molecule has 1 unspecified atom stereocenters. The number of aromatic nitrogens is 3. The molecule has 2 aliphatic rings. The van der Waals surface area contributed by atoms with Crippen molar-refractivity contribution in [3.8, 4) is 5.75 Å². The van der Waals surface area contributed by atoms with Crippen LogP contribution in [0.4, 0.5) is 5.69 Å². The van der Waals surface area contributed by atoms with Crippen LogP contribution >= 0.6 is 0 Å². The predicted molar refractivity (Wildman–Crippen MR) is 116 cm³/mol. The largest absolute Gasteiger partial charge is 0.497 e. The lowest BCUT2D eigenvalue weighted by atomic mass is 9.97. The van der Waals surface area contributed by atoms with Gasteiger partial charge in [0.25, 0.3) is 0 Å². The fraction of sp³-hybridized carbons (Fsp3) is 0.478. The van der Waals surface area contributed by atoms with Crippen LogP contribution in [-0.4, -0.2) is 66.0 Å². The molecule has 7 heteroatoms. The average Bonchev–Trinajstić information content (AvgIpc) is 3.24. The highest BCUT2D eigenvalue weighted by molar-refractivity contribution is 5.51. The zero-order chi connectivity index (χ0) is 20.3. The summed E-state index contributed by atoms with van der Waals surface area (Å²) in [5.74, 6) is 2.25. The van der Waals surface area contributed by atoms with Crippen LogP contribution in [0.15, 0.2) is 42.6 Å². The topological polar surface area (TPSA) is 55.1 Å². The van der Waals surface area contributed by atoms with Crippen molar-refractivity contribution in [2.45, 2.75) is 25.3 Å². The highest BCUT2D eigenvalue weighted by Crippen LogP contribution is 2.27. The van der Waals surface area contributed by atoms with E-state index in [-0.39, 0.29) is 0 Å². The number of fused-ring (bicyclic) bond motifs is 1. The Labute approximate surface area is 177 Å². The van der Waals surface area contributed by atoms with Crippen LogP contribution in [0.3, 0.4) is 0 Å². The first-order chi connectivity index (χ1) is 14.8. The lowest BCUT2D eigenvalue weighted by Crippen LogP contribution is -2.36. The van der Waals surface area contributed by atoms with Gasteiger partial charge in [-0.1, -0.05) is 12.1 Å². The molecule has 0 radical (unpaired) electrons. The Morgan fingerprint density at radius 1 is 1.07 bits per heavy atom. The van der Waals surface area contributed by atoms with Gasteiger partial charge in [0.2, 0.25) is 0 Å². The molecule has 3 aromatic rings. The number of piperidine rings is 1. The molecule has 158 valence electrons. The smallest absolute Gasteiger partial charge is 0.156 e. The normalized spacial score (nSPS) is 20.6.